The van der Waals surface area contributed by atoms with Gasteiger partial charge in [0.15, 0.2) is 0 Å². The summed E-state index contributed by atoms with van der Waals surface area (Å²) >= 11 is 2.99. The number of amides is 1. The Labute approximate surface area is 138 Å². The van der Waals surface area contributed by atoms with Crippen LogP contribution in [0.2, 0.25) is 0 Å². The van der Waals surface area contributed by atoms with Gasteiger partial charge in [-0.15, -0.1) is 22.0 Å². The molecule has 118 valence electrons. The molecule has 1 aromatic heterocycles. The van der Waals surface area contributed by atoms with Gasteiger partial charge in [0, 0.05) is 18.5 Å². The number of nitrogen functional groups attached to an aromatic ring is 1. The highest BCUT2D eigenvalue weighted by Gasteiger charge is 2.13. The third-order valence-electron chi connectivity index (χ3n) is 3.16. The Bertz CT molecular complexity index is 641. The van der Waals surface area contributed by atoms with Crippen LogP contribution in [0.4, 0.5) is 0 Å². The fraction of sp³-hybridized carbons (Fsp3) is 0.357. The van der Waals surface area contributed by atoms with Crippen LogP contribution < -0.4 is 5.84 Å². The van der Waals surface area contributed by atoms with Crippen LogP contribution in [0.25, 0.3) is 0 Å². The third kappa shape index (κ3) is 4.17. The van der Waals surface area contributed by atoms with Crippen molar-refractivity contribution in [2.24, 2.45) is 0 Å². The SMILES string of the molecule is CSc1ccc(CN(C)C(=O)CSc2nnc(C)n2N)cc1. The van der Waals surface area contributed by atoms with Crippen LogP contribution in [0.3, 0.4) is 0 Å². The first-order chi connectivity index (χ1) is 10.5. The van der Waals surface area contributed by atoms with Crippen molar-refractivity contribution in [2.45, 2.75) is 23.5 Å². The normalized spacial score (nSPS) is 10.7. The van der Waals surface area contributed by atoms with Crippen molar-refractivity contribution >= 4 is 29.4 Å². The first-order valence-electron chi connectivity index (χ1n) is 6.68. The lowest BCUT2D eigenvalue weighted by atomic mass is 10.2. The van der Waals surface area contributed by atoms with E-state index in [4.69, 9.17) is 5.84 Å². The number of aryl methyl sites for hydroxylation is 1. The molecule has 0 saturated carbocycles. The zero-order valence-corrected chi connectivity index (χ0v) is 14.4. The lowest BCUT2D eigenvalue weighted by molar-refractivity contribution is -0.127. The minimum Gasteiger partial charge on any atom is -0.341 e. The summed E-state index contributed by atoms with van der Waals surface area (Å²) in [6.07, 6.45) is 2.04. The van der Waals surface area contributed by atoms with Gasteiger partial charge in [0.05, 0.1) is 5.75 Å². The Morgan fingerprint density at radius 1 is 1.32 bits per heavy atom. The molecule has 8 heteroatoms. The molecular formula is C14H19N5OS2. The van der Waals surface area contributed by atoms with E-state index >= 15 is 0 Å². The number of hydrogen-bond acceptors (Lipinski definition) is 6. The molecule has 0 unspecified atom stereocenters. The minimum absolute atomic E-state index is 0.0274. The summed E-state index contributed by atoms with van der Waals surface area (Å²) < 4.78 is 1.39. The molecule has 0 aliphatic heterocycles. The Morgan fingerprint density at radius 3 is 2.55 bits per heavy atom. The Balaban J connectivity index is 1.87. The molecule has 22 heavy (non-hydrogen) atoms. The molecule has 2 rings (SSSR count). The number of carbonyl (C=O) groups is 1. The van der Waals surface area contributed by atoms with Crippen LogP contribution in [0.5, 0.6) is 0 Å². The standard InChI is InChI=1S/C14H19N5OS2/c1-10-16-17-14(19(10)15)22-9-13(20)18(2)8-11-4-6-12(21-3)7-5-11/h4-7H,8-9,15H2,1-3H3. The van der Waals surface area contributed by atoms with Gasteiger partial charge in [0.2, 0.25) is 11.1 Å². The monoisotopic (exact) mass is 337 g/mol. The highest BCUT2D eigenvalue weighted by atomic mass is 32.2. The molecule has 0 saturated heterocycles. The van der Waals surface area contributed by atoms with Crippen molar-refractivity contribution in [3.63, 3.8) is 0 Å². The largest absolute Gasteiger partial charge is 0.341 e. The molecule has 0 aliphatic rings. The molecule has 0 radical (unpaired) electrons. The second-order valence-electron chi connectivity index (χ2n) is 4.79. The smallest absolute Gasteiger partial charge is 0.233 e. The number of carbonyl (C=O) groups excluding carboxylic acids is 1. The summed E-state index contributed by atoms with van der Waals surface area (Å²) in [6.45, 7) is 2.35. The van der Waals surface area contributed by atoms with Crippen LogP contribution in [-0.4, -0.2) is 44.7 Å². The molecule has 0 atom stereocenters. The van der Waals surface area contributed by atoms with Crippen LogP contribution in [0, 0.1) is 6.92 Å². The van der Waals surface area contributed by atoms with E-state index in [2.05, 4.69) is 22.3 Å². The van der Waals surface area contributed by atoms with E-state index in [9.17, 15) is 4.79 Å². The molecule has 2 N–H and O–H groups in total. The number of thioether (sulfide) groups is 2. The Hall–Kier alpha value is -1.67. The number of rotatable bonds is 6. The van der Waals surface area contributed by atoms with Gasteiger partial charge in [-0.3, -0.25) is 4.79 Å². The average Bonchev–Trinajstić information content (AvgIpc) is 2.85. The van der Waals surface area contributed by atoms with Crippen molar-refractivity contribution in [1.29, 1.82) is 0 Å². The highest BCUT2D eigenvalue weighted by molar-refractivity contribution is 7.99. The van der Waals surface area contributed by atoms with Crippen LogP contribution in [0.15, 0.2) is 34.3 Å². The molecule has 0 aliphatic carbocycles. The van der Waals surface area contributed by atoms with E-state index < -0.39 is 0 Å². The summed E-state index contributed by atoms with van der Waals surface area (Å²) in [7, 11) is 1.80. The van der Waals surface area contributed by atoms with E-state index in [1.165, 1.54) is 21.3 Å². The van der Waals surface area contributed by atoms with Crippen molar-refractivity contribution < 1.29 is 4.79 Å². The Morgan fingerprint density at radius 2 is 2.00 bits per heavy atom. The van der Waals surface area contributed by atoms with Crippen molar-refractivity contribution in [2.75, 3.05) is 24.9 Å². The number of benzene rings is 1. The molecule has 0 spiro atoms. The van der Waals surface area contributed by atoms with Gasteiger partial charge >= 0.3 is 0 Å². The molecule has 2 aromatic rings. The molecule has 0 fully saturated rings. The minimum atomic E-state index is 0.0274. The first kappa shape index (κ1) is 16.7. The van der Waals surface area contributed by atoms with Gasteiger partial charge < -0.3 is 10.7 Å². The average molecular weight is 337 g/mol. The van der Waals surface area contributed by atoms with Crippen molar-refractivity contribution in [3.05, 3.63) is 35.7 Å². The second-order valence-corrected chi connectivity index (χ2v) is 6.61. The van der Waals surface area contributed by atoms with E-state index in [1.54, 1.807) is 30.6 Å². The maximum absolute atomic E-state index is 12.2. The van der Waals surface area contributed by atoms with Crippen LogP contribution in [0.1, 0.15) is 11.4 Å². The fourth-order valence-corrected chi connectivity index (χ4v) is 3.03. The van der Waals surface area contributed by atoms with E-state index in [1.807, 2.05) is 18.4 Å². The molecule has 6 nitrogen and oxygen atoms in total. The molecule has 1 aromatic carbocycles. The summed E-state index contributed by atoms with van der Waals surface area (Å²) in [4.78, 5) is 15.1. The number of hydrogen-bond donors (Lipinski definition) is 1. The van der Waals surface area contributed by atoms with Crippen molar-refractivity contribution in [1.82, 2.24) is 19.8 Å². The topological polar surface area (TPSA) is 77.0 Å². The quantitative estimate of drug-likeness (QED) is 0.639. The summed E-state index contributed by atoms with van der Waals surface area (Å²) in [5.74, 6) is 6.70. The van der Waals surface area contributed by atoms with E-state index in [0.717, 1.165) is 5.56 Å². The van der Waals surface area contributed by atoms with Gasteiger partial charge in [-0.05, 0) is 30.9 Å². The Kier molecular flexibility index (Phi) is 5.73. The number of nitrogens with two attached hydrogens (primary N) is 1. The molecular weight excluding hydrogens is 318 g/mol. The zero-order valence-electron chi connectivity index (χ0n) is 12.8. The molecule has 0 bridgehead atoms. The van der Waals surface area contributed by atoms with Gasteiger partial charge in [-0.1, -0.05) is 23.9 Å². The first-order valence-corrected chi connectivity index (χ1v) is 8.89. The van der Waals surface area contributed by atoms with Gasteiger partial charge in [0.25, 0.3) is 0 Å². The second kappa shape index (κ2) is 7.55. The van der Waals surface area contributed by atoms with Crippen LogP contribution >= 0.6 is 23.5 Å². The van der Waals surface area contributed by atoms with Gasteiger partial charge in [0.1, 0.15) is 5.82 Å². The number of aromatic nitrogens is 3. The summed E-state index contributed by atoms with van der Waals surface area (Å²) in [5, 5.41) is 8.34. The van der Waals surface area contributed by atoms with Gasteiger partial charge in [-0.25, -0.2) is 4.68 Å². The van der Waals surface area contributed by atoms with Crippen molar-refractivity contribution in [3.8, 4) is 0 Å². The predicted octanol–water partition coefficient (Wildman–Crippen LogP) is 1.77. The van der Waals surface area contributed by atoms with Gasteiger partial charge in [-0.2, -0.15) is 0 Å². The predicted molar refractivity (Wildman–Crippen MR) is 90.3 cm³/mol. The summed E-state index contributed by atoms with van der Waals surface area (Å²) in [5.41, 5.74) is 1.11. The lowest BCUT2D eigenvalue weighted by Gasteiger charge is -2.17. The lowest BCUT2D eigenvalue weighted by Crippen LogP contribution is -2.28. The molecule has 1 amide bonds. The van der Waals surface area contributed by atoms with Crippen LogP contribution in [-0.2, 0) is 11.3 Å². The number of nitrogens with zero attached hydrogens (tertiary/aromatic N) is 4. The fourth-order valence-electron chi connectivity index (χ4n) is 1.78. The maximum Gasteiger partial charge on any atom is 0.233 e. The molecule has 1 heterocycles. The van der Waals surface area contributed by atoms with E-state index in [-0.39, 0.29) is 11.7 Å². The highest BCUT2D eigenvalue weighted by Crippen LogP contribution is 2.17. The van der Waals surface area contributed by atoms with E-state index in [0.29, 0.717) is 17.5 Å². The third-order valence-corrected chi connectivity index (χ3v) is 4.84. The summed E-state index contributed by atoms with van der Waals surface area (Å²) in [6, 6.07) is 8.21. The maximum atomic E-state index is 12.2. The zero-order chi connectivity index (χ0) is 16.1.